The monoisotopic (exact) mass is 805 g/mol. The second-order valence-corrected chi connectivity index (χ2v) is 23.9. The van der Waals surface area contributed by atoms with Crippen molar-refractivity contribution < 1.29 is 23.5 Å². The molecule has 56 heavy (non-hydrogen) atoms. The van der Waals surface area contributed by atoms with Gasteiger partial charge in [-0.2, -0.15) is 0 Å². The maximum atomic E-state index is 16.5. The van der Waals surface area contributed by atoms with Gasteiger partial charge in [-0.25, -0.2) is 9.37 Å². The Labute approximate surface area is 336 Å². The largest absolute Gasteiger partial charge is 0.506 e. The lowest BCUT2D eigenvalue weighted by Crippen LogP contribution is -2.58. The molecule has 2 aromatic carbocycles. The first-order valence-corrected chi connectivity index (χ1v) is 23.7. The summed E-state index contributed by atoms with van der Waals surface area (Å²) < 4.78 is 29.8. The van der Waals surface area contributed by atoms with E-state index in [1.807, 2.05) is 34.5 Å². The number of carbonyl (C=O) groups excluding carboxylic acids is 1. The van der Waals surface area contributed by atoms with Crippen molar-refractivity contribution in [3.8, 4) is 5.75 Å². The number of nitrogens with zero attached hydrogens (tertiary/aromatic N) is 3. The van der Waals surface area contributed by atoms with Gasteiger partial charge in [0.25, 0.3) is 5.91 Å². The normalized spacial score (nSPS) is 17.6. The number of likely N-dealkylation sites (tertiary alicyclic amines) is 1. The Bertz CT molecular complexity index is 2080. The Morgan fingerprint density at radius 3 is 2.52 bits per heavy atom. The highest BCUT2D eigenvalue weighted by molar-refractivity contribution is 7.09. The molecule has 2 fully saturated rings. The molecule has 304 valence electrons. The van der Waals surface area contributed by atoms with Gasteiger partial charge in [0.05, 0.1) is 35.4 Å². The van der Waals surface area contributed by atoms with Crippen LogP contribution in [0.1, 0.15) is 106 Å². The van der Waals surface area contributed by atoms with Crippen molar-refractivity contribution in [1.29, 1.82) is 0 Å². The average Bonchev–Trinajstić information content (AvgIpc) is 3.64. The van der Waals surface area contributed by atoms with E-state index in [0.29, 0.717) is 61.7 Å². The molecule has 2 aromatic heterocycles. The molecule has 0 radical (unpaired) electrons. The van der Waals surface area contributed by atoms with Crippen LogP contribution in [-0.4, -0.2) is 90.6 Å². The van der Waals surface area contributed by atoms with Crippen LogP contribution in [0.15, 0.2) is 52.6 Å². The summed E-state index contributed by atoms with van der Waals surface area (Å²) in [6.07, 6.45) is 1.17. The fraction of sp³-hybridized carbons (Fsp3) is 0.558. The van der Waals surface area contributed by atoms with Crippen molar-refractivity contribution in [1.82, 2.24) is 25.1 Å². The topological polar surface area (TPSA) is 120 Å². The molecule has 4 aromatic rings. The highest BCUT2D eigenvalue weighted by atomic mass is 32.1. The smallest absolute Gasteiger partial charge is 0.273 e. The average molecular weight is 806 g/mol. The first kappa shape index (κ1) is 42.2. The molecule has 2 saturated heterocycles. The van der Waals surface area contributed by atoms with Gasteiger partial charge in [-0.05, 0) is 54.2 Å². The van der Waals surface area contributed by atoms with Crippen LogP contribution in [0.2, 0.25) is 18.1 Å². The SMILES string of the molecule is CC(C)c1nc(C(=O)N2CCOC3(CCN(Cc4cccc(C(C)(C)CNCC(O[Si](C)(C)C(C)(C)C)c5ccc(O)c6[nH]c(=O)ccc56)c4F)CC3)C2)cs1. The summed E-state index contributed by atoms with van der Waals surface area (Å²) in [7, 11) is -2.27. The number of amides is 1. The van der Waals surface area contributed by atoms with E-state index in [-0.39, 0.29) is 40.1 Å². The Morgan fingerprint density at radius 1 is 1.11 bits per heavy atom. The van der Waals surface area contributed by atoms with Gasteiger partial charge in [0.15, 0.2) is 8.32 Å². The van der Waals surface area contributed by atoms with E-state index >= 15 is 4.39 Å². The van der Waals surface area contributed by atoms with E-state index in [1.54, 1.807) is 12.1 Å². The molecular weight excluding hydrogens is 746 g/mol. The molecule has 2 aliphatic rings. The minimum absolute atomic E-state index is 0.00853. The lowest BCUT2D eigenvalue weighted by atomic mass is 9.83. The zero-order valence-electron chi connectivity index (χ0n) is 34.6. The molecule has 4 heterocycles. The number of nitrogens with one attached hydrogen (secondary N) is 2. The molecule has 1 spiro atoms. The molecular formula is C43H60FN5O5SSi. The van der Waals surface area contributed by atoms with Gasteiger partial charge in [-0.15, -0.1) is 11.3 Å². The van der Waals surface area contributed by atoms with Gasteiger partial charge in [0.2, 0.25) is 5.56 Å². The Balaban J connectivity index is 1.11. The molecule has 6 rings (SSSR count). The van der Waals surface area contributed by atoms with Crippen LogP contribution < -0.4 is 10.9 Å². The predicted molar refractivity (Wildman–Crippen MR) is 225 cm³/mol. The van der Waals surface area contributed by atoms with Crippen LogP contribution in [0.25, 0.3) is 10.9 Å². The third-order valence-corrected chi connectivity index (χ3v) is 17.8. The number of aromatic nitrogens is 2. The molecule has 10 nitrogen and oxygen atoms in total. The number of fused-ring (bicyclic) bond motifs is 1. The number of benzene rings is 2. The fourth-order valence-corrected chi connectivity index (χ4v) is 9.70. The third-order valence-electron chi connectivity index (χ3n) is 12.1. The van der Waals surface area contributed by atoms with Crippen molar-refractivity contribution >= 4 is 36.5 Å². The van der Waals surface area contributed by atoms with Gasteiger partial charge >= 0.3 is 0 Å². The van der Waals surface area contributed by atoms with Crippen molar-refractivity contribution in [2.24, 2.45) is 0 Å². The number of aromatic hydroxyl groups is 1. The molecule has 1 unspecified atom stereocenters. The molecule has 0 aliphatic carbocycles. The van der Waals surface area contributed by atoms with E-state index in [1.165, 1.54) is 17.4 Å². The van der Waals surface area contributed by atoms with Gasteiger partial charge in [-0.3, -0.25) is 14.5 Å². The molecule has 1 amide bonds. The minimum Gasteiger partial charge on any atom is -0.506 e. The third kappa shape index (κ3) is 9.13. The Hall–Kier alpha value is -3.46. The highest BCUT2D eigenvalue weighted by Gasteiger charge is 2.42. The summed E-state index contributed by atoms with van der Waals surface area (Å²) >= 11 is 1.54. The number of H-pyrrole nitrogens is 1. The number of thiazole rings is 1. The number of hydrogen-bond donors (Lipinski definition) is 3. The quantitative estimate of drug-likeness (QED) is 0.123. The second-order valence-electron chi connectivity index (χ2n) is 18.2. The number of morpholine rings is 1. The Morgan fingerprint density at radius 2 is 1.84 bits per heavy atom. The summed E-state index contributed by atoms with van der Waals surface area (Å²) in [6, 6.07) is 12.4. The lowest BCUT2D eigenvalue weighted by molar-refractivity contribution is -0.128. The van der Waals surface area contributed by atoms with Gasteiger partial charge < -0.3 is 29.5 Å². The fourth-order valence-electron chi connectivity index (χ4n) is 7.62. The number of phenolic OH excluding ortho intramolecular Hbond substituents is 1. The molecule has 1 atom stereocenters. The summed E-state index contributed by atoms with van der Waals surface area (Å²) in [4.78, 5) is 37.1. The van der Waals surface area contributed by atoms with Gasteiger partial charge in [-0.1, -0.05) is 72.7 Å². The van der Waals surface area contributed by atoms with E-state index < -0.39 is 19.3 Å². The summed E-state index contributed by atoms with van der Waals surface area (Å²) in [5.41, 5.74) is 1.87. The lowest BCUT2D eigenvalue weighted by Gasteiger charge is -2.47. The van der Waals surface area contributed by atoms with Crippen molar-refractivity contribution in [3.05, 3.63) is 91.4 Å². The molecule has 0 bridgehead atoms. The van der Waals surface area contributed by atoms with E-state index in [2.05, 4.69) is 81.7 Å². The molecule has 2 aliphatic heterocycles. The van der Waals surface area contributed by atoms with Crippen LogP contribution in [0.4, 0.5) is 4.39 Å². The van der Waals surface area contributed by atoms with Crippen LogP contribution in [0, 0.1) is 5.82 Å². The van der Waals surface area contributed by atoms with Crippen molar-refractivity contribution in [3.63, 3.8) is 0 Å². The summed E-state index contributed by atoms with van der Waals surface area (Å²) in [5.74, 6) is 0.0836. The zero-order valence-corrected chi connectivity index (χ0v) is 36.4. The maximum Gasteiger partial charge on any atom is 0.273 e. The number of aromatic amines is 1. The number of carbonyl (C=O) groups is 1. The summed E-state index contributed by atoms with van der Waals surface area (Å²) in [5, 5.41) is 17.7. The van der Waals surface area contributed by atoms with Crippen LogP contribution in [0.5, 0.6) is 5.75 Å². The van der Waals surface area contributed by atoms with Crippen LogP contribution in [-0.2, 0) is 21.1 Å². The number of halogens is 1. The number of rotatable bonds is 12. The van der Waals surface area contributed by atoms with Crippen LogP contribution >= 0.6 is 11.3 Å². The van der Waals surface area contributed by atoms with E-state index in [4.69, 9.17) is 9.16 Å². The van der Waals surface area contributed by atoms with Crippen molar-refractivity contribution in [2.75, 3.05) is 45.9 Å². The predicted octanol–water partition coefficient (Wildman–Crippen LogP) is 8.09. The number of phenols is 1. The standard InChI is InChI=1S/C43H60FN5O5SSi/c1-28(2)39-46-33(25-55-39)40(52)49-21-22-53-43(27-49)17-19-48(20-18-43)24-29-11-10-12-32(37(29)44)42(6,7)26-45-23-35(54-56(8,9)41(3,4)5)30-13-15-34(50)38-31(30)14-16-36(51)47-38/h10-16,25,28,35,45,50H,17-24,26-27H2,1-9H3,(H,47,51). The van der Waals surface area contributed by atoms with Gasteiger partial charge in [0.1, 0.15) is 17.3 Å². The number of hydrogen-bond acceptors (Lipinski definition) is 9. The number of pyridine rings is 1. The minimum atomic E-state index is -2.27. The Kier molecular flexibility index (Phi) is 12.4. The molecule has 0 saturated carbocycles. The maximum absolute atomic E-state index is 16.5. The van der Waals surface area contributed by atoms with E-state index in [9.17, 15) is 14.7 Å². The number of ether oxygens (including phenoxy) is 1. The number of piperidine rings is 1. The van der Waals surface area contributed by atoms with E-state index in [0.717, 1.165) is 41.9 Å². The second kappa shape index (κ2) is 16.4. The molecule has 3 N–H and O–H groups in total. The first-order chi connectivity index (χ1) is 26.3. The molecule has 13 heteroatoms. The van der Waals surface area contributed by atoms with Gasteiger partial charge in [0, 0.05) is 73.0 Å². The van der Waals surface area contributed by atoms with Crippen LogP contribution in [0.3, 0.4) is 0 Å². The first-order valence-electron chi connectivity index (χ1n) is 19.9. The highest BCUT2D eigenvalue weighted by Crippen LogP contribution is 2.41. The zero-order chi connectivity index (χ0) is 40.6. The summed E-state index contributed by atoms with van der Waals surface area (Å²) in [6.45, 7) is 23.9. The van der Waals surface area contributed by atoms with Crippen molar-refractivity contribution in [2.45, 2.75) is 109 Å².